The molecule has 1 atom stereocenters. The molecule has 0 aliphatic carbocycles. The van der Waals surface area contributed by atoms with Gasteiger partial charge in [-0.3, -0.25) is 4.79 Å². The van der Waals surface area contributed by atoms with Crippen LogP contribution in [0.4, 0.5) is 24.5 Å². The molecular formula is C24H25ClF3N4O3+. The molecule has 0 saturated carbocycles. The van der Waals surface area contributed by atoms with Gasteiger partial charge in [-0.1, -0.05) is 17.7 Å². The normalized spacial score (nSPS) is 15.8. The molecule has 1 amide bonds. The fraction of sp³-hybridized carbons (Fsp3) is 0.333. The van der Waals surface area contributed by atoms with Gasteiger partial charge >= 0.3 is 12.1 Å². The van der Waals surface area contributed by atoms with E-state index < -0.39 is 23.8 Å². The number of fused-ring (bicyclic) bond motifs is 1. The van der Waals surface area contributed by atoms with E-state index in [-0.39, 0.29) is 11.6 Å². The maximum Gasteiger partial charge on any atom is 0.416 e. The van der Waals surface area contributed by atoms with Gasteiger partial charge in [0.1, 0.15) is 5.69 Å². The Morgan fingerprint density at radius 3 is 2.54 bits per heavy atom. The van der Waals surface area contributed by atoms with Crippen molar-refractivity contribution in [2.24, 2.45) is 0 Å². The molecule has 0 bridgehead atoms. The van der Waals surface area contributed by atoms with Crippen LogP contribution in [0, 0.1) is 0 Å². The van der Waals surface area contributed by atoms with E-state index in [0.717, 1.165) is 17.0 Å². The number of aromatic amines is 1. The molecule has 35 heavy (non-hydrogen) atoms. The van der Waals surface area contributed by atoms with E-state index in [1.165, 1.54) is 13.2 Å². The minimum absolute atomic E-state index is 0.120. The van der Waals surface area contributed by atoms with E-state index in [9.17, 15) is 22.8 Å². The molecule has 1 saturated heterocycles. The first-order chi connectivity index (χ1) is 16.6. The van der Waals surface area contributed by atoms with Crippen molar-refractivity contribution in [3.63, 3.8) is 0 Å². The quantitative estimate of drug-likeness (QED) is 0.461. The molecule has 2 heterocycles. The van der Waals surface area contributed by atoms with Gasteiger partial charge < -0.3 is 24.8 Å². The molecule has 0 radical (unpaired) electrons. The Bertz CT molecular complexity index is 1250. The zero-order valence-corrected chi connectivity index (χ0v) is 19.9. The van der Waals surface area contributed by atoms with Crippen molar-refractivity contribution in [3.05, 3.63) is 58.7 Å². The van der Waals surface area contributed by atoms with Crippen molar-refractivity contribution < 1.29 is 32.4 Å². The monoisotopic (exact) mass is 509 g/mol. The Hall–Kier alpha value is -3.24. The van der Waals surface area contributed by atoms with E-state index >= 15 is 0 Å². The number of benzene rings is 2. The molecule has 2 aromatic carbocycles. The second kappa shape index (κ2) is 9.79. The third-order valence-corrected chi connectivity index (χ3v) is 6.58. The highest BCUT2D eigenvalue weighted by Crippen LogP contribution is 2.32. The number of nitrogens with zero attached hydrogens (tertiary/aromatic N) is 1. The molecule has 186 valence electrons. The van der Waals surface area contributed by atoms with Crippen LogP contribution in [0.15, 0.2) is 42.5 Å². The lowest BCUT2D eigenvalue weighted by Gasteiger charge is -2.36. The first kappa shape index (κ1) is 24.9. The number of esters is 1. The summed E-state index contributed by atoms with van der Waals surface area (Å²) in [6, 6.07) is 9.84. The first-order valence-corrected chi connectivity index (χ1v) is 11.4. The standard InChI is InChI=1S/C24H24ClF3N4O3/c1-14(31-8-10-32(11-9-31)17-5-3-4-15(12-17)24(26,27)28)22(33)30-20-18-13-16(25)6-7-19(18)29-21(20)23(34)35-2/h3-7,12-14,29H,8-11H2,1-2H3,(H,30,33)/p+1/t14-/m1/s1. The largest absolute Gasteiger partial charge is 0.464 e. The smallest absolute Gasteiger partial charge is 0.416 e. The van der Waals surface area contributed by atoms with Gasteiger partial charge in [-0.2, -0.15) is 13.2 Å². The first-order valence-electron chi connectivity index (χ1n) is 11.1. The van der Waals surface area contributed by atoms with E-state index in [4.69, 9.17) is 16.3 Å². The topological polar surface area (TPSA) is 78.9 Å². The number of ether oxygens (including phenoxy) is 1. The summed E-state index contributed by atoms with van der Waals surface area (Å²) >= 11 is 6.12. The number of alkyl halides is 3. The summed E-state index contributed by atoms with van der Waals surface area (Å²) in [5.41, 5.74) is 0.870. The number of hydrogen-bond donors (Lipinski definition) is 3. The van der Waals surface area contributed by atoms with Crippen molar-refractivity contribution in [3.8, 4) is 0 Å². The number of carbonyl (C=O) groups is 2. The van der Waals surface area contributed by atoms with Gasteiger partial charge in [0.25, 0.3) is 5.91 Å². The number of anilines is 2. The number of aromatic nitrogens is 1. The molecule has 7 nitrogen and oxygen atoms in total. The van der Waals surface area contributed by atoms with Crippen molar-refractivity contribution in [2.45, 2.75) is 19.1 Å². The summed E-state index contributed by atoms with van der Waals surface area (Å²) in [4.78, 5) is 31.3. The molecule has 11 heteroatoms. The molecule has 0 unspecified atom stereocenters. The van der Waals surface area contributed by atoms with E-state index in [2.05, 4.69) is 10.3 Å². The van der Waals surface area contributed by atoms with Gasteiger partial charge in [-0.15, -0.1) is 0 Å². The van der Waals surface area contributed by atoms with Crippen LogP contribution < -0.4 is 15.1 Å². The van der Waals surface area contributed by atoms with E-state index in [1.807, 2.05) is 4.90 Å². The molecule has 1 fully saturated rings. The van der Waals surface area contributed by atoms with Gasteiger partial charge in [0.05, 0.1) is 44.5 Å². The Morgan fingerprint density at radius 1 is 1.17 bits per heavy atom. The minimum Gasteiger partial charge on any atom is -0.464 e. The van der Waals surface area contributed by atoms with Gasteiger partial charge in [0.15, 0.2) is 6.04 Å². The van der Waals surface area contributed by atoms with Gasteiger partial charge in [0, 0.05) is 21.6 Å². The Labute approximate surface area is 204 Å². The lowest BCUT2D eigenvalue weighted by molar-refractivity contribution is -0.914. The lowest BCUT2D eigenvalue weighted by Crippen LogP contribution is -3.19. The van der Waals surface area contributed by atoms with E-state index in [1.54, 1.807) is 31.2 Å². The Morgan fingerprint density at radius 2 is 1.89 bits per heavy atom. The Balaban J connectivity index is 1.46. The number of nitrogens with one attached hydrogen (secondary N) is 3. The summed E-state index contributed by atoms with van der Waals surface area (Å²) in [6.45, 7) is 3.92. The number of amides is 1. The maximum atomic E-state index is 13.1. The highest BCUT2D eigenvalue weighted by molar-refractivity contribution is 6.31. The average Bonchev–Trinajstić information content (AvgIpc) is 3.20. The zero-order chi connectivity index (χ0) is 25.3. The second-order valence-electron chi connectivity index (χ2n) is 8.46. The highest BCUT2D eigenvalue weighted by Gasteiger charge is 2.33. The fourth-order valence-corrected chi connectivity index (χ4v) is 4.50. The number of quaternary nitrogens is 1. The summed E-state index contributed by atoms with van der Waals surface area (Å²) in [5, 5.41) is 3.89. The van der Waals surface area contributed by atoms with Gasteiger partial charge in [-0.05, 0) is 43.3 Å². The predicted octanol–water partition coefficient (Wildman–Crippen LogP) is 3.36. The molecule has 3 N–H and O–H groups in total. The average molecular weight is 510 g/mol. The summed E-state index contributed by atoms with van der Waals surface area (Å²) in [6.07, 6.45) is -4.40. The van der Waals surface area contributed by atoms with Crippen LogP contribution in [0.25, 0.3) is 10.9 Å². The van der Waals surface area contributed by atoms with Crippen molar-refractivity contribution in [1.82, 2.24) is 4.98 Å². The third kappa shape index (κ3) is 5.23. The second-order valence-corrected chi connectivity index (χ2v) is 8.90. The molecule has 1 aliphatic heterocycles. The van der Waals surface area contributed by atoms with Gasteiger partial charge in [0.2, 0.25) is 0 Å². The van der Waals surface area contributed by atoms with Crippen molar-refractivity contribution in [2.75, 3.05) is 43.5 Å². The number of halogens is 4. The summed E-state index contributed by atoms with van der Waals surface area (Å²) in [5.74, 6) is -0.916. The number of methoxy groups -OCH3 is 1. The predicted molar refractivity (Wildman–Crippen MR) is 127 cm³/mol. The Kier molecular flexibility index (Phi) is 6.95. The summed E-state index contributed by atoms with van der Waals surface area (Å²) in [7, 11) is 1.25. The maximum absolute atomic E-state index is 13.1. The number of hydrogen-bond acceptors (Lipinski definition) is 4. The van der Waals surface area contributed by atoms with Crippen LogP contribution in [0.2, 0.25) is 5.02 Å². The zero-order valence-electron chi connectivity index (χ0n) is 19.1. The lowest BCUT2D eigenvalue weighted by atomic mass is 10.1. The number of piperazine rings is 1. The third-order valence-electron chi connectivity index (χ3n) is 6.35. The number of rotatable bonds is 5. The van der Waals surface area contributed by atoms with Crippen molar-refractivity contribution in [1.29, 1.82) is 0 Å². The van der Waals surface area contributed by atoms with E-state index in [0.29, 0.717) is 53.5 Å². The molecular weight excluding hydrogens is 485 g/mol. The molecule has 1 aliphatic rings. The molecule has 0 spiro atoms. The molecule has 4 rings (SSSR count). The highest BCUT2D eigenvalue weighted by atomic mass is 35.5. The fourth-order valence-electron chi connectivity index (χ4n) is 4.33. The van der Waals surface area contributed by atoms with Gasteiger partial charge in [-0.25, -0.2) is 4.79 Å². The van der Waals surface area contributed by atoms with Crippen molar-refractivity contribution >= 4 is 45.8 Å². The van der Waals surface area contributed by atoms with Crippen LogP contribution in [0.5, 0.6) is 0 Å². The number of carbonyl (C=O) groups excluding carboxylic acids is 2. The van der Waals surface area contributed by atoms with Crippen LogP contribution in [-0.4, -0.2) is 56.2 Å². The molecule has 1 aromatic heterocycles. The minimum atomic E-state index is -4.40. The van der Waals surface area contributed by atoms with Crippen LogP contribution in [0.3, 0.4) is 0 Å². The molecule has 3 aromatic rings. The summed E-state index contributed by atoms with van der Waals surface area (Å²) < 4.78 is 44.0. The SMILES string of the molecule is COC(=O)c1[nH]c2ccc(Cl)cc2c1NC(=O)[C@@H](C)[NH+]1CCN(c2cccc(C(F)(F)F)c2)CC1. The van der Waals surface area contributed by atoms with Crippen LogP contribution >= 0.6 is 11.6 Å². The van der Waals surface area contributed by atoms with Crippen LogP contribution in [-0.2, 0) is 15.7 Å². The van der Waals surface area contributed by atoms with Crippen LogP contribution in [0.1, 0.15) is 23.0 Å². The number of H-pyrrole nitrogens is 1.